The second-order valence-corrected chi connectivity index (χ2v) is 6.85. The molecule has 0 radical (unpaired) electrons. The van der Waals surface area contributed by atoms with Crippen LogP contribution >= 0.6 is 11.6 Å². The lowest BCUT2D eigenvalue weighted by atomic mass is 9.95. The van der Waals surface area contributed by atoms with E-state index in [2.05, 4.69) is 35.3 Å². The van der Waals surface area contributed by atoms with Gasteiger partial charge in [-0.05, 0) is 68.0 Å². The van der Waals surface area contributed by atoms with E-state index < -0.39 is 0 Å². The van der Waals surface area contributed by atoms with Crippen LogP contribution in [0.15, 0.2) is 18.2 Å². The number of halogens is 1. The number of benzene rings is 1. The van der Waals surface area contributed by atoms with Gasteiger partial charge < -0.3 is 5.32 Å². The third-order valence-corrected chi connectivity index (χ3v) is 5.77. The zero-order chi connectivity index (χ0) is 13.0. The van der Waals surface area contributed by atoms with Gasteiger partial charge in [0.05, 0.1) is 0 Å². The highest BCUT2D eigenvalue weighted by atomic mass is 35.5. The van der Waals surface area contributed by atoms with Gasteiger partial charge in [0.25, 0.3) is 0 Å². The van der Waals surface area contributed by atoms with Crippen LogP contribution in [0.5, 0.6) is 0 Å². The van der Waals surface area contributed by atoms with Crippen molar-refractivity contribution in [3.63, 3.8) is 0 Å². The highest BCUT2D eigenvalue weighted by Gasteiger charge is 2.45. The van der Waals surface area contributed by atoms with E-state index in [-0.39, 0.29) is 0 Å². The number of hydrogen-bond acceptors (Lipinski definition) is 2. The molecular weight excluding hydrogens is 256 g/mol. The molecule has 1 N–H and O–H groups in total. The van der Waals surface area contributed by atoms with Gasteiger partial charge in [0.1, 0.15) is 0 Å². The SMILES string of the molecule is CC1C2CNCC2CN1C1CCc2cc(Cl)ccc21. The van der Waals surface area contributed by atoms with E-state index in [0.29, 0.717) is 12.1 Å². The summed E-state index contributed by atoms with van der Waals surface area (Å²) >= 11 is 6.12. The number of fused-ring (bicyclic) bond motifs is 2. The summed E-state index contributed by atoms with van der Waals surface area (Å²) in [5, 5.41) is 4.43. The number of likely N-dealkylation sites (tertiary alicyclic amines) is 1. The van der Waals surface area contributed by atoms with Crippen LogP contribution in [0.4, 0.5) is 0 Å². The lowest BCUT2D eigenvalue weighted by Crippen LogP contribution is -2.35. The molecule has 1 aromatic rings. The Morgan fingerprint density at radius 1 is 1.32 bits per heavy atom. The molecule has 2 aliphatic heterocycles. The molecule has 0 aromatic heterocycles. The first kappa shape index (κ1) is 12.2. The van der Waals surface area contributed by atoms with E-state index in [4.69, 9.17) is 11.6 Å². The highest BCUT2D eigenvalue weighted by molar-refractivity contribution is 6.30. The van der Waals surface area contributed by atoms with Crippen molar-refractivity contribution < 1.29 is 0 Å². The second kappa shape index (κ2) is 4.47. The van der Waals surface area contributed by atoms with Crippen LogP contribution in [0, 0.1) is 11.8 Å². The molecule has 3 aliphatic rings. The normalized spacial score (nSPS) is 37.6. The van der Waals surface area contributed by atoms with Crippen LogP contribution in [-0.2, 0) is 6.42 Å². The molecule has 1 aliphatic carbocycles. The van der Waals surface area contributed by atoms with E-state index in [1.54, 1.807) is 0 Å². The fourth-order valence-electron chi connectivity index (χ4n) is 4.52. The van der Waals surface area contributed by atoms with Crippen molar-refractivity contribution >= 4 is 11.6 Å². The predicted molar refractivity (Wildman–Crippen MR) is 78.5 cm³/mol. The maximum absolute atomic E-state index is 6.12. The molecule has 2 nitrogen and oxygen atoms in total. The molecule has 2 saturated heterocycles. The Balaban J connectivity index is 1.62. The highest BCUT2D eigenvalue weighted by Crippen LogP contribution is 2.43. The van der Waals surface area contributed by atoms with E-state index in [1.807, 2.05) is 0 Å². The van der Waals surface area contributed by atoms with Gasteiger partial charge in [0.15, 0.2) is 0 Å². The van der Waals surface area contributed by atoms with Crippen molar-refractivity contribution in [1.82, 2.24) is 10.2 Å². The molecule has 0 spiro atoms. The first-order valence-corrected chi connectivity index (χ1v) is 7.86. The van der Waals surface area contributed by atoms with Gasteiger partial charge in [0, 0.05) is 23.7 Å². The Kier molecular flexibility index (Phi) is 2.87. The summed E-state index contributed by atoms with van der Waals surface area (Å²) in [7, 11) is 0. The third kappa shape index (κ3) is 1.84. The van der Waals surface area contributed by atoms with Crippen LogP contribution in [0.1, 0.15) is 30.5 Å². The summed E-state index contributed by atoms with van der Waals surface area (Å²) in [6.07, 6.45) is 2.46. The summed E-state index contributed by atoms with van der Waals surface area (Å²) in [5.41, 5.74) is 3.00. The fourth-order valence-corrected chi connectivity index (χ4v) is 4.71. The molecule has 4 rings (SSSR count). The molecule has 0 saturated carbocycles. The van der Waals surface area contributed by atoms with E-state index in [1.165, 1.54) is 43.6 Å². The van der Waals surface area contributed by atoms with Crippen molar-refractivity contribution in [1.29, 1.82) is 0 Å². The first-order chi connectivity index (χ1) is 9.24. The standard InChI is InChI=1S/C16H21ClN2/c1-10-15-8-18-7-12(15)9-19(10)16-5-2-11-6-13(17)3-4-14(11)16/h3-4,6,10,12,15-16,18H,2,5,7-9H2,1H3. The van der Waals surface area contributed by atoms with Crippen LogP contribution in [0.3, 0.4) is 0 Å². The van der Waals surface area contributed by atoms with Crippen molar-refractivity contribution in [2.45, 2.75) is 31.8 Å². The van der Waals surface area contributed by atoms with Gasteiger partial charge in [-0.2, -0.15) is 0 Å². The Hall–Kier alpha value is -0.570. The molecule has 3 heteroatoms. The summed E-state index contributed by atoms with van der Waals surface area (Å²) in [6, 6.07) is 7.83. The number of hydrogen-bond donors (Lipinski definition) is 1. The first-order valence-electron chi connectivity index (χ1n) is 7.49. The molecule has 1 aromatic carbocycles. The van der Waals surface area contributed by atoms with Crippen molar-refractivity contribution in [2.75, 3.05) is 19.6 Å². The van der Waals surface area contributed by atoms with Crippen LogP contribution < -0.4 is 5.32 Å². The van der Waals surface area contributed by atoms with Crippen LogP contribution in [0.25, 0.3) is 0 Å². The van der Waals surface area contributed by atoms with Gasteiger partial charge in [-0.3, -0.25) is 4.90 Å². The van der Waals surface area contributed by atoms with Gasteiger partial charge >= 0.3 is 0 Å². The number of aryl methyl sites for hydroxylation is 1. The fraction of sp³-hybridized carbons (Fsp3) is 0.625. The monoisotopic (exact) mass is 276 g/mol. The van der Waals surface area contributed by atoms with Crippen LogP contribution in [-0.4, -0.2) is 30.6 Å². The topological polar surface area (TPSA) is 15.3 Å². The quantitative estimate of drug-likeness (QED) is 0.849. The maximum Gasteiger partial charge on any atom is 0.0408 e. The number of nitrogens with zero attached hydrogens (tertiary/aromatic N) is 1. The molecule has 4 unspecified atom stereocenters. The van der Waals surface area contributed by atoms with Crippen molar-refractivity contribution in [3.8, 4) is 0 Å². The molecule has 2 heterocycles. The zero-order valence-electron chi connectivity index (χ0n) is 11.4. The molecule has 102 valence electrons. The molecule has 4 atom stereocenters. The smallest absolute Gasteiger partial charge is 0.0408 e. The third-order valence-electron chi connectivity index (χ3n) is 5.53. The second-order valence-electron chi connectivity index (χ2n) is 6.42. The average molecular weight is 277 g/mol. The minimum Gasteiger partial charge on any atom is -0.316 e. The largest absolute Gasteiger partial charge is 0.316 e. The summed E-state index contributed by atoms with van der Waals surface area (Å²) < 4.78 is 0. The van der Waals surface area contributed by atoms with E-state index in [9.17, 15) is 0 Å². The summed E-state index contributed by atoms with van der Waals surface area (Å²) in [5.74, 6) is 1.72. The lowest BCUT2D eigenvalue weighted by Gasteiger charge is -2.31. The Morgan fingerprint density at radius 3 is 3.05 bits per heavy atom. The molecule has 2 fully saturated rings. The average Bonchev–Trinajstić information content (AvgIpc) is 3.05. The summed E-state index contributed by atoms with van der Waals surface area (Å²) in [6.45, 7) is 6.12. The zero-order valence-corrected chi connectivity index (χ0v) is 12.2. The Labute approximate surface area is 120 Å². The van der Waals surface area contributed by atoms with Gasteiger partial charge in [-0.25, -0.2) is 0 Å². The lowest BCUT2D eigenvalue weighted by molar-refractivity contribution is 0.170. The maximum atomic E-state index is 6.12. The molecule has 0 bridgehead atoms. The minimum absolute atomic E-state index is 0.632. The van der Waals surface area contributed by atoms with E-state index >= 15 is 0 Å². The number of rotatable bonds is 1. The molecule has 19 heavy (non-hydrogen) atoms. The van der Waals surface area contributed by atoms with Crippen molar-refractivity contribution in [2.24, 2.45) is 11.8 Å². The Morgan fingerprint density at radius 2 is 2.21 bits per heavy atom. The summed E-state index contributed by atoms with van der Waals surface area (Å²) in [4.78, 5) is 2.76. The van der Waals surface area contributed by atoms with Gasteiger partial charge in [-0.1, -0.05) is 17.7 Å². The van der Waals surface area contributed by atoms with Gasteiger partial charge in [0.2, 0.25) is 0 Å². The molecule has 0 amide bonds. The predicted octanol–water partition coefficient (Wildman–Crippen LogP) is 2.87. The Bertz CT molecular complexity index is 502. The van der Waals surface area contributed by atoms with Gasteiger partial charge in [-0.15, -0.1) is 0 Å². The molecular formula is C16H21ClN2. The van der Waals surface area contributed by atoms with Crippen LogP contribution in [0.2, 0.25) is 5.02 Å². The minimum atomic E-state index is 0.632. The number of nitrogens with one attached hydrogen (secondary N) is 1. The van der Waals surface area contributed by atoms with Crippen molar-refractivity contribution in [3.05, 3.63) is 34.3 Å². The van der Waals surface area contributed by atoms with E-state index in [0.717, 1.165) is 16.9 Å².